The van der Waals surface area contributed by atoms with Gasteiger partial charge in [0.05, 0.1) is 5.69 Å². The Morgan fingerprint density at radius 3 is 2.45 bits per heavy atom. The number of aromatic nitrogens is 1. The average molecular weight is 294 g/mol. The third-order valence-electron chi connectivity index (χ3n) is 2.85. The summed E-state index contributed by atoms with van der Waals surface area (Å²) in [5.41, 5.74) is 3.24. The number of nitrogens with zero attached hydrogens (tertiary/aromatic N) is 2. The molecule has 1 aromatic heterocycles. The van der Waals surface area contributed by atoms with E-state index in [-0.39, 0.29) is 29.5 Å². The van der Waals surface area contributed by atoms with Gasteiger partial charge in [0.15, 0.2) is 5.71 Å². The van der Waals surface area contributed by atoms with Crippen LogP contribution in [0, 0.1) is 0 Å². The van der Waals surface area contributed by atoms with Crippen molar-refractivity contribution in [3.63, 3.8) is 0 Å². The Labute approximate surface area is 120 Å². The zero-order valence-electron chi connectivity index (χ0n) is 10.2. The quantitative estimate of drug-likeness (QED) is 0.614. The van der Waals surface area contributed by atoms with Gasteiger partial charge in [0, 0.05) is 18.0 Å². The number of carbonyl (C=O) groups excluding carboxylic acids is 1. The van der Waals surface area contributed by atoms with Crippen molar-refractivity contribution in [2.24, 2.45) is 5.16 Å². The number of oxime groups is 1. The molecule has 1 amide bonds. The van der Waals surface area contributed by atoms with Crippen molar-refractivity contribution in [3.05, 3.63) is 48.3 Å². The molecule has 2 aromatic rings. The van der Waals surface area contributed by atoms with Crippen LogP contribution >= 0.6 is 12.4 Å². The average Bonchev–Trinajstić information content (AvgIpc) is 2.74. The first-order chi connectivity index (χ1) is 8.79. The highest BCUT2D eigenvalue weighted by atomic mass is 35.5. The molecule has 2 heterocycles. The first-order valence-corrected chi connectivity index (χ1v) is 5.38. The third kappa shape index (κ3) is 2.47. The molecule has 1 aliphatic rings. The van der Waals surface area contributed by atoms with Gasteiger partial charge in [-0.25, -0.2) is 0 Å². The first-order valence-electron chi connectivity index (χ1n) is 5.38. The van der Waals surface area contributed by atoms with E-state index < -0.39 is 0 Å². The van der Waals surface area contributed by atoms with Crippen LogP contribution in [-0.2, 0) is 4.79 Å². The summed E-state index contributed by atoms with van der Waals surface area (Å²) in [4.78, 5) is 15.5. The molecule has 4 N–H and O–H groups in total. The Hall–Kier alpha value is -2.44. The number of carbonyl (C=O) groups is 1. The van der Waals surface area contributed by atoms with Gasteiger partial charge in [-0.1, -0.05) is 11.2 Å². The van der Waals surface area contributed by atoms with Crippen molar-refractivity contribution in [2.45, 2.75) is 0 Å². The minimum Gasteiger partial charge on any atom is -0.412 e. The van der Waals surface area contributed by atoms with Gasteiger partial charge in [0.2, 0.25) is 0 Å². The van der Waals surface area contributed by atoms with E-state index in [1.165, 1.54) is 0 Å². The first kappa shape index (κ1) is 15.6. The van der Waals surface area contributed by atoms with Crippen LogP contribution in [0.15, 0.2) is 47.9 Å². The van der Waals surface area contributed by atoms with E-state index >= 15 is 0 Å². The largest absolute Gasteiger partial charge is 0.412 e. The Bertz CT molecular complexity index is 659. The predicted molar refractivity (Wildman–Crippen MR) is 77.5 cm³/mol. The lowest BCUT2D eigenvalue weighted by Gasteiger charge is -2.03. The lowest BCUT2D eigenvalue weighted by molar-refractivity contribution is -0.110. The molecule has 7 heteroatoms. The minimum atomic E-state index is -0.389. The third-order valence-corrected chi connectivity index (χ3v) is 2.85. The molecule has 0 fully saturated rings. The maximum Gasteiger partial charge on any atom is 0.278 e. The number of rotatable bonds is 1. The number of amides is 1. The maximum atomic E-state index is 11.5. The molecule has 1 aliphatic heterocycles. The van der Waals surface area contributed by atoms with Crippen LogP contribution in [-0.4, -0.2) is 27.3 Å². The zero-order chi connectivity index (χ0) is 12.5. The van der Waals surface area contributed by atoms with Crippen molar-refractivity contribution < 1.29 is 15.5 Å². The molecule has 0 saturated heterocycles. The van der Waals surface area contributed by atoms with Gasteiger partial charge < -0.3 is 16.0 Å². The van der Waals surface area contributed by atoms with Gasteiger partial charge in [-0.2, -0.15) is 0 Å². The fourth-order valence-corrected chi connectivity index (χ4v) is 1.98. The van der Waals surface area contributed by atoms with Crippen LogP contribution in [0.4, 0.5) is 5.69 Å². The second-order valence-electron chi connectivity index (χ2n) is 3.90. The molecule has 0 saturated carbocycles. The second kappa shape index (κ2) is 6.14. The summed E-state index contributed by atoms with van der Waals surface area (Å²) in [6.45, 7) is 0. The van der Waals surface area contributed by atoms with Crippen molar-refractivity contribution in [3.8, 4) is 11.1 Å². The van der Waals surface area contributed by atoms with E-state index in [0.29, 0.717) is 11.3 Å². The fourth-order valence-electron chi connectivity index (χ4n) is 1.98. The molecule has 1 aromatic carbocycles. The summed E-state index contributed by atoms with van der Waals surface area (Å²) >= 11 is 0. The van der Waals surface area contributed by atoms with Crippen LogP contribution in [0.1, 0.15) is 5.56 Å². The fraction of sp³-hybridized carbons (Fsp3) is 0. The highest BCUT2D eigenvalue weighted by molar-refractivity contribution is 6.53. The Morgan fingerprint density at radius 2 is 1.80 bits per heavy atom. The molecular weight excluding hydrogens is 282 g/mol. The number of pyridine rings is 1. The molecule has 6 nitrogen and oxygen atoms in total. The van der Waals surface area contributed by atoms with Crippen LogP contribution < -0.4 is 5.32 Å². The molecule has 3 rings (SSSR count). The van der Waals surface area contributed by atoms with Crippen LogP contribution in [0.3, 0.4) is 0 Å². The Morgan fingerprint density at radius 1 is 1.10 bits per heavy atom. The number of halogens is 1. The van der Waals surface area contributed by atoms with Gasteiger partial charge in [0.1, 0.15) is 0 Å². The summed E-state index contributed by atoms with van der Waals surface area (Å²) in [5, 5.41) is 14.5. The van der Waals surface area contributed by atoms with Crippen molar-refractivity contribution in [1.82, 2.24) is 4.98 Å². The number of fused-ring (bicyclic) bond motifs is 1. The number of anilines is 1. The highest BCUT2D eigenvalue weighted by Crippen LogP contribution is 2.29. The monoisotopic (exact) mass is 293 g/mol. The van der Waals surface area contributed by atoms with Crippen LogP contribution in [0.25, 0.3) is 11.1 Å². The molecule has 20 heavy (non-hydrogen) atoms. The van der Waals surface area contributed by atoms with E-state index in [4.69, 9.17) is 5.21 Å². The Balaban J connectivity index is 0.000001000. The van der Waals surface area contributed by atoms with E-state index in [1.54, 1.807) is 18.5 Å². The zero-order valence-corrected chi connectivity index (χ0v) is 11.0. The Kier molecular flexibility index (Phi) is 4.79. The molecule has 0 radical (unpaired) electrons. The van der Waals surface area contributed by atoms with Gasteiger partial charge in [-0.3, -0.25) is 9.78 Å². The lowest BCUT2D eigenvalue weighted by Crippen LogP contribution is -2.13. The van der Waals surface area contributed by atoms with Gasteiger partial charge in [-0.05, 0) is 35.4 Å². The highest BCUT2D eigenvalue weighted by Gasteiger charge is 2.26. The van der Waals surface area contributed by atoms with Crippen LogP contribution in [0.5, 0.6) is 0 Å². The summed E-state index contributed by atoms with van der Waals surface area (Å²) in [7, 11) is 0. The summed E-state index contributed by atoms with van der Waals surface area (Å²) in [6.07, 6.45) is 3.40. The van der Waals surface area contributed by atoms with E-state index in [1.807, 2.05) is 24.3 Å². The van der Waals surface area contributed by atoms with Gasteiger partial charge in [0.25, 0.3) is 5.91 Å². The second-order valence-corrected chi connectivity index (χ2v) is 3.90. The number of hydrogen-bond acceptors (Lipinski definition) is 4. The molecular formula is C13H12ClN3O3. The number of hydrogen-bond donors (Lipinski definition) is 2. The summed E-state index contributed by atoms with van der Waals surface area (Å²) < 4.78 is 0. The van der Waals surface area contributed by atoms with Crippen LogP contribution in [0.2, 0.25) is 0 Å². The van der Waals surface area contributed by atoms with E-state index in [0.717, 1.165) is 11.1 Å². The maximum absolute atomic E-state index is 11.5. The van der Waals surface area contributed by atoms with Gasteiger partial charge in [-0.15, -0.1) is 12.4 Å². The molecule has 0 atom stereocenters. The molecule has 0 aliphatic carbocycles. The molecule has 0 unspecified atom stereocenters. The van der Waals surface area contributed by atoms with E-state index in [2.05, 4.69) is 15.5 Å². The predicted octanol–water partition coefficient (Wildman–Crippen LogP) is 1.48. The number of benzene rings is 1. The topological polar surface area (TPSA) is 106 Å². The van der Waals surface area contributed by atoms with E-state index in [9.17, 15) is 4.79 Å². The molecule has 104 valence electrons. The minimum absolute atomic E-state index is 0. The lowest BCUT2D eigenvalue weighted by atomic mass is 10.0. The van der Waals surface area contributed by atoms with Crippen molar-refractivity contribution in [1.29, 1.82) is 0 Å². The molecule has 0 bridgehead atoms. The standard InChI is InChI=1S/C13H9N3O2.ClH.H2O/c17-13-12(16-18)10-7-9(1-2-11(10)15-13)8-3-5-14-6-4-8;;/h1-7,18H,(H,15,16,17);1H;1H2. The normalized spacial score (nSPS) is 14.0. The van der Waals surface area contributed by atoms with Crippen molar-refractivity contribution in [2.75, 3.05) is 5.32 Å². The van der Waals surface area contributed by atoms with Crippen molar-refractivity contribution >= 4 is 29.7 Å². The molecule has 0 spiro atoms. The SMILES string of the molecule is Cl.O.O=C1Nc2ccc(-c3ccncc3)cc2/C1=N/O. The summed E-state index contributed by atoms with van der Waals surface area (Å²) in [5.74, 6) is -0.389. The summed E-state index contributed by atoms with van der Waals surface area (Å²) in [6, 6.07) is 9.26. The smallest absolute Gasteiger partial charge is 0.278 e. The van der Waals surface area contributed by atoms with Gasteiger partial charge >= 0.3 is 0 Å². The number of nitrogens with one attached hydrogen (secondary N) is 1.